The number of carbonyl (C=O) groups is 1. The lowest BCUT2D eigenvalue weighted by atomic mass is 10.1. The second-order valence-electron chi connectivity index (χ2n) is 4.24. The highest BCUT2D eigenvalue weighted by Gasteiger charge is 2.22. The van der Waals surface area contributed by atoms with Crippen LogP contribution < -0.4 is 0 Å². The van der Waals surface area contributed by atoms with Gasteiger partial charge in [-0.3, -0.25) is 4.79 Å². The molecule has 0 aliphatic rings. The van der Waals surface area contributed by atoms with Gasteiger partial charge in [0, 0.05) is 30.4 Å². The first-order chi connectivity index (χ1) is 9.01. The summed E-state index contributed by atoms with van der Waals surface area (Å²) < 4.78 is 5.79. The summed E-state index contributed by atoms with van der Waals surface area (Å²) in [7, 11) is 1.62. The second-order valence-corrected chi connectivity index (χ2v) is 5.51. The van der Waals surface area contributed by atoms with Crippen molar-refractivity contribution >= 4 is 33.4 Å². The third kappa shape index (κ3) is 4.44. The van der Waals surface area contributed by atoms with Crippen LogP contribution in [0, 0.1) is 0 Å². The molecule has 1 aromatic rings. The summed E-state index contributed by atoms with van der Waals surface area (Å²) >= 11 is 9.31. The first kappa shape index (κ1) is 16.4. The molecule has 4 nitrogen and oxygen atoms in total. The van der Waals surface area contributed by atoms with Gasteiger partial charge in [-0.2, -0.15) is 0 Å². The molecule has 0 radical (unpaired) electrons. The molecule has 106 valence electrons. The maximum Gasteiger partial charge on any atom is 0.257 e. The van der Waals surface area contributed by atoms with Crippen molar-refractivity contribution in [1.82, 2.24) is 9.88 Å². The molecule has 0 spiro atoms. The summed E-state index contributed by atoms with van der Waals surface area (Å²) in [5.74, 6) is -0.120. The Labute approximate surface area is 127 Å². The van der Waals surface area contributed by atoms with Gasteiger partial charge in [0.2, 0.25) is 0 Å². The van der Waals surface area contributed by atoms with E-state index in [-0.39, 0.29) is 17.1 Å². The number of ether oxygens (including phenoxy) is 1. The fourth-order valence-corrected chi connectivity index (χ4v) is 2.17. The van der Waals surface area contributed by atoms with Crippen molar-refractivity contribution in [3.63, 3.8) is 0 Å². The minimum Gasteiger partial charge on any atom is -0.383 e. The van der Waals surface area contributed by atoms with Crippen LogP contribution in [0.4, 0.5) is 0 Å². The molecule has 6 heteroatoms. The van der Waals surface area contributed by atoms with Crippen molar-refractivity contribution in [2.24, 2.45) is 0 Å². The van der Waals surface area contributed by atoms with Gasteiger partial charge in [0.1, 0.15) is 5.15 Å². The smallest absolute Gasteiger partial charge is 0.257 e. The van der Waals surface area contributed by atoms with Crippen molar-refractivity contribution in [3.8, 4) is 0 Å². The Morgan fingerprint density at radius 1 is 1.63 bits per heavy atom. The summed E-state index contributed by atoms with van der Waals surface area (Å²) in [4.78, 5) is 18.3. The number of nitrogens with zero attached hydrogens (tertiary/aromatic N) is 2. The molecule has 0 aliphatic heterocycles. The zero-order chi connectivity index (χ0) is 14.4. The van der Waals surface area contributed by atoms with E-state index < -0.39 is 0 Å². The monoisotopic (exact) mass is 348 g/mol. The van der Waals surface area contributed by atoms with Gasteiger partial charge >= 0.3 is 0 Å². The minimum atomic E-state index is -0.120. The zero-order valence-electron chi connectivity index (χ0n) is 11.3. The molecule has 1 amide bonds. The van der Waals surface area contributed by atoms with Crippen LogP contribution in [-0.2, 0) is 4.74 Å². The molecule has 1 heterocycles. The van der Waals surface area contributed by atoms with Crippen molar-refractivity contribution in [2.75, 3.05) is 20.3 Å². The quantitative estimate of drug-likeness (QED) is 0.739. The summed E-state index contributed by atoms with van der Waals surface area (Å²) in [5.41, 5.74) is 0.410. The van der Waals surface area contributed by atoms with E-state index in [2.05, 4.69) is 20.9 Å². The van der Waals surface area contributed by atoms with Crippen LogP contribution in [0.1, 0.15) is 30.6 Å². The Morgan fingerprint density at radius 2 is 2.32 bits per heavy atom. The van der Waals surface area contributed by atoms with Crippen LogP contribution in [0.5, 0.6) is 0 Å². The predicted molar refractivity (Wildman–Crippen MR) is 79.6 cm³/mol. The molecule has 1 aromatic heterocycles. The van der Waals surface area contributed by atoms with E-state index >= 15 is 0 Å². The fourth-order valence-electron chi connectivity index (χ4n) is 1.66. The lowest BCUT2D eigenvalue weighted by molar-refractivity contribution is 0.0613. The van der Waals surface area contributed by atoms with Crippen LogP contribution in [0.25, 0.3) is 0 Å². The molecule has 0 fully saturated rings. The molecular formula is C13H18BrClN2O2. The number of pyridine rings is 1. The zero-order valence-corrected chi connectivity index (χ0v) is 13.7. The minimum absolute atomic E-state index is 0.120. The van der Waals surface area contributed by atoms with E-state index in [0.717, 1.165) is 10.9 Å². The second kappa shape index (κ2) is 7.82. The van der Waals surface area contributed by atoms with Crippen LogP contribution in [0.2, 0.25) is 5.15 Å². The van der Waals surface area contributed by atoms with Gasteiger partial charge in [0.15, 0.2) is 0 Å². The molecule has 0 saturated heterocycles. The van der Waals surface area contributed by atoms with E-state index in [9.17, 15) is 4.79 Å². The van der Waals surface area contributed by atoms with Gasteiger partial charge in [0.05, 0.1) is 12.2 Å². The summed E-state index contributed by atoms with van der Waals surface area (Å²) in [6.45, 7) is 5.08. The SMILES string of the molecule is CCC(C)N(CCOC)C(=O)c1cc(Br)cnc1Cl. The summed E-state index contributed by atoms with van der Waals surface area (Å²) in [5, 5.41) is 0.221. The molecule has 1 atom stereocenters. The van der Waals surface area contributed by atoms with E-state index in [4.69, 9.17) is 16.3 Å². The number of halogens is 2. The Balaban J connectivity index is 3.00. The summed E-state index contributed by atoms with van der Waals surface area (Å²) in [6, 6.07) is 1.82. The van der Waals surface area contributed by atoms with Crippen molar-refractivity contribution in [3.05, 3.63) is 27.5 Å². The summed E-state index contributed by atoms with van der Waals surface area (Å²) in [6.07, 6.45) is 2.44. The number of aromatic nitrogens is 1. The standard InChI is InChI=1S/C13H18BrClN2O2/c1-4-9(2)17(5-6-19-3)13(18)11-7-10(14)8-16-12(11)15/h7-9H,4-6H2,1-3H3. The van der Waals surface area contributed by atoms with Crippen LogP contribution >= 0.6 is 27.5 Å². The lowest BCUT2D eigenvalue weighted by Crippen LogP contribution is -2.40. The van der Waals surface area contributed by atoms with Crippen molar-refractivity contribution in [2.45, 2.75) is 26.3 Å². The molecule has 0 aliphatic carbocycles. The Kier molecular flexibility index (Phi) is 6.75. The van der Waals surface area contributed by atoms with Crippen LogP contribution in [0.3, 0.4) is 0 Å². The highest BCUT2D eigenvalue weighted by atomic mass is 79.9. The lowest BCUT2D eigenvalue weighted by Gasteiger charge is -2.28. The Hall–Kier alpha value is -0.650. The van der Waals surface area contributed by atoms with Crippen LogP contribution in [-0.4, -0.2) is 42.1 Å². The maximum absolute atomic E-state index is 12.5. The fraction of sp³-hybridized carbons (Fsp3) is 0.538. The third-order valence-corrected chi connectivity index (χ3v) is 3.69. The number of rotatable bonds is 6. The van der Waals surface area contributed by atoms with Gasteiger partial charge < -0.3 is 9.64 Å². The largest absolute Gasteiger partial charge is 0.383 e. The molecule has 0 bridgehead atoms. The number of amides is 1. The van der Waals surface area contributed by atoms with Gasteiger partial charge in [-0.1, -0.05) is 18.5 Å². The Bertz CT molecular complexity index is 443. The molecule has 1 unspecified atom stereocenters. The normalized spacial score (nSPS) is 12.3. The molecule has 19 heavy (non-hydrogen) atoms. The van der Waals surface area contributed by atoms with E-state index in [0.29, 0.717) is 18.7 Å². The first-order valence-corrected chi connectivity index (χ1v) is 7.29. The predicted octanol–water partition coefficient (Wildman–Crippen LogP) is 3.38. The van der Waals surface area contributed by atoms with E-state index in [1.807, 2.05) is 13.8 Å². The third-order valence-electron chi connectivity index (χ3n) is 2.96. The maximum atomic E-state index is 12.5. The number of hydrogen-bond donors (Lipinski definition) is 0. The van der Waals surface area contributed by atoms with Gasteiger partial charge in [-0.05, 0) is 35.3 Å². The van der Waals surface area contributed by atoms with Gasteiger partial charge in [-0.25, -0.2) is 4.98 Å². The van der Waals surface area contributed by atoms with E-state index in [1.54, 1.807) is 24.3 Å². The first-order valence-electron chi connectivity index (χ1n) is 6.12. The molecule has 0 N–H and O–H groups in total. The van der Waals surface area contributed by atoms with Crippen LogP contribution in [0.15, 0.2) is 16.7 Å². The van der Waals surface area contributed by atoms with E-state index in [1.165, 1.54) is 0 Å². The molecule has 1 rings (SSSR count). The number of carbonyl (C=O) groups excluding carboxylic acids is 1. The molecule has 0 aromatic carbocycles. The van der Waals surface area contributed by atoms with Crippen molar-refractivity contribution in [1.29, 1.82) is 0 Å². The highest BCUT2D eigenvalue weighted by molar-refractivity contribution is 9.10. The number of hydrogen-bond acceptors (Lipinski definition) is 3. The average Bonchev–Trinajstić information content (AvgIpc) is 2.41. The molecule has 0 saturated carbocycles. The van der Waals surface area contributed by atoms with Gasteiger partial charge in [-0.15, -0.1) is 0 Å². The van der Waals surface area contributed by atoms with Gasteiger partial charge in [0.25, 0.3) is 5.91 Å². The molecular weight excluding hydrogens is 332 g/mol. The topological polar surface area (TPSA) is 42.4 Å². The average molecular weight is 350 g/mol. The van der Waals surface area contributed by atoms with Crippen molar-refractivity contribution < 1.29 is 9.53 Å². The Morgan fingerprint density at radius 3 is 2.89 bits per heavy atom. The highest BCUT2D eigenvalue weighted by Crippen LogP contribution is 2.21. The number of methoxy groups -OCH3 is 1.